The summed E-state index contributed by atoms with van der Waals surface area (Å²) >= 11 is 0. The first-order valence-electron chi connectivity index (χ1n) is 5.59. The molecule has 0 fully saturated rings. The standard InChI is InChI=1S/C11H15F2N3O2S/c1-2-3-9(11(14)15)16-19(17,18)10-5-4-7(12)6-8(10)13/h4-6,9,16H,2-3H2,1H3,(H3,14,15). The van der Waals surface area contributed by atoms with Crippen molar-refractivity contribution in [2.24, 2.45) is 5.73 Å². The molecule has 1 aromatic rings. The molecular formula is C11H15F2N3O2S. The molecule has 0 aromatic heterocycles. The quantitative estimate of drug-likeness (QED) is 0.545. The molecule has 1 atom stereocenters. The highest BCUT2D eigenvalue weighted by molar-refractivity contribution is 7.89. The van der Waals surface area contributed by atoms with Gasteiger partial charge in [-0.2, -0.15) is 0 Å². The maximum Gasteiger partial charge on any atom is 0.244 e. The van der Waals surface area contributed by atoms with E-state index < -0.39 is 32.6 Å². The minimum Gasteiger partial charge on any atom is -0.386 e. The third-order valence-corrected chi connectivity index (χ3v) is 3.94. The average molecular weight is 291 g/mol. The molecule has 0 saturated carbocycles. The monoisotopic (exact) mass is 291 g/mol. The summed E-state index contributed by atoms with van der Waals surface area (Å²) in [5, 5.41) is 7.28. The highest BCUT2D eigenvalue weighted by Crippen LogP contribution is 2.16. The van der Waals surface area contributed by atoms with E-state index in [0.29, 0.717) is 18.9 Å². The lowest BCUT2D eigenvalue weighted by Gasteiger charge is -2.16. The molecule has 0 heterocycles. The average Bonchev–Trinajstić information content (AvgIpc) is 2.27. The van der Waals surface area contributed by atoms with Crippen molar-refractivity contribution in [3.63, 3.8) is 0 Å². The molecule has 0 bridgehead atoms. The summed E-state index contributed by atoms with van der Waals surface area (Å²) in [4.78, 5) is -0.670. The van der Waals surface area contributed by atoms with E-state index in [1.54, 1.807) is 6.92 Å². The number of hydrogen-bond acceptors (Lipinski definition) is 3. The van der Waals surface area contributed by atoms with Crippen molar-refractivity contribution in [2.45, 2.75) is 30.7 Å². The summed E-state index contributed by atoms with van der Waals surface area (Å²) in [6, 6.07) is 1.26. The van der Waals surface area contributed by atoms with Gasteiger partial charge in [0.2, 0.25) is 10.0 Å². The van der Waals surface area contributed by atoms with E-state index >= 15 is 0 Å². The fourth-order valence-corrected chi connectivity index (χ4v) is 2.82. The highest BCUT2D eigenvalue weighted by Gasteiger charge is 2.24. The predicted octanol–water partition coefficient (Wildman–Crippen LogP) is 1.35. The number of halogens is 2. The van der Waals surface area contributed by atoms with E-state index in [1.807, 2.05) is 0 Å². The maximum absolute atomic E-state index is 13.4. The third kappa shape index (κ3) is 3.97. The van der Waals surface area contributed by atoms with Crippen molar-refractivity contribution in [1.82, 2.24) is 4.72 Å². The van der Waals surface area contributed by atoms with Gasteiger partial charge in [-0.1, -0.05) is 13.3 Å². The van der Waals surface area contributed by atoms with Gasteiger partial charge in [0.05, 0.1) is 6.04 Å². The normalized spacial score (nSPS) is 13.2. The van der Waals surface area contributed by atoms with Crippen LogP contribution < -0.4 is 10.5 Å². The maximum atomic E-state index is 13.4. The Bertz CT molecular complexity index is 575. The van der Waals surface area contributed by atoms with E-state index in [1.165, 1.54) is 0 Å². The molecule has 0 amide bonds. The Kier molecular flexibility index (Phi) is 4.96. The van der Waals surface area contributed by atoms with Crippen molar-refractivity contribution in [1.29, 1.82) is 5.41 Å². The van der Waals surface area contributed by atoms with Gasteiger partial charge >= 0.3 is 0 Å². The van der Waals surface area contributed by atoms with Crippen LogP contribution in [-0.2, 0) is 10.0 Å². The largest absolute Gasteiger partial charge is 0.386 e. The lowest BCUT2D eigenvalue weighted by molar-refractivity contribution is 0.536. The Balaban J connectivity index is 3.06. The second-order valence-electron chi connectivity index (χ2n) is 3.99. The lowest BCUT2D eigenvalue weighted by Crippen LogP contribution is -2.44. The van der Waals surface area contributed by atoms with Gasteiger partial charge in [0, 0.05) is 6.07 Å². The number of hydrogen-bond donors (Lipinski definition) is 3. The van der Waals surface area contributed by atoms with Crippen molar-refractivity contribution in [2.75, 3.05) is 0 Å². The highest BCUT2D eigenvalue weighted by atomic mass is 32.2. The topological polar surface area (TPSA) is 96.0 Å². The molecule has 0 aliphatic rings. The second kappa shape index (κ2) is 6.07. The summed E-state index contributed by atoms with van der Waals surface area (Å²) in [5.74, 6) is -2.41. The van der Waals surface area contributed by atoms with Gasteiger partial charge in [-0.3, -0.25) is 5.41 Å². The predicted molar refractivity (Wildman–Crippen MR) is 67.3 cm³/mol. The van der Waals surface area contributed by atoms with Crippen molar-refractivity contribution in [3.05, 3.63) is 29.8 Å². The molecule has 0 spiro atoms. The van der Waals surface area contributed by atoms with Gasteiger partial charge in [0.1, 0.15) is 22.4 Å². The molecule has 0 aliphatic carbocycles. The summed E-state index contributed by atoms with van der Waals surface area (Å²) in [6.07, 6.45) is 0.913. The minimum atomic E-state index is -4.19. The Labute approximate surface area is 110 Å². The second-order valence-corrected chi connectivity index (χ2v) is 5.68. The fourth-order valence-electron chi connectivity index (χ4n) is 1.51. The van der Waals surface area contributed by atoms with Crippen LogP contribution in [0.25, 0.3) is 0 Å². The van der Waals surface area contributed by atoms with Crippen LogP contribution in [0.2, 0.25) is 0 Å². The number of rotatable bonds is 6. The zero-order valence-electron chi connectivity index (χ0n) is 10.3. The number of nitrogens with two attached hydrogens (primary N) is 1. The van der Waals surface area contributed by atoms with Gasteiger partial charge in [0.15, 0.2) is 0 Å². The molecule has 8 heteroatoms. The van der Waals surface area contributed by atoms with Crippen LogP contribution >= 0.6 is 0 Å². The van der Waals surface area contributed by atoms with Crippen molar-refractivity contribution in [3.8, 4) is 0 Å². The number of sulfonamides is 1. The molecule has 0 saturated heterocycles. The summed E-state index contributed by atoms with van der Waals surface area (Å²) in [7, 11) is -4.19. The minimum absolute atomic E-state index is 0.317. The zero-order chi connectivity index (χ0) is 14.6. The third-order valence-electron chi connectivity index (χ3n) is 2.43. The SMILES string of the molecule is CCCC(NS(=O)(=O)c1ccc(F)cc1F)C(=N)N. The van der Waals surface area contributed by atoms with Crippen LogP contribution in [0, 0.1) is 17.0 Å². The van der Waals surface area contributed by atoms with E-state index in [-0.39, 0.29) is 5.84 Å². The van der Waals surface area contributed by atoms with Crippen LogP contribution in [0.5, 0.6) is 0 Å². The summed E-state index contributed by atoms with van der Waals surface area (Å²) < 4.78 is 52.2. The number of nitrogens with one attached hydrogen (secondary N) is 2. The first kappa shape index (κ1) is 15.5. The van der Waals surface area contributed by atoms with E-state index in [0.717, 1.165) is 12.1 Å². The van der Waals surface area contributed by atoms with E-state index in [2.05, 4.69) is 4.72 Å². The molecule has 19 heavy (non-hydrogen) atoms. The first-order chi connectivity index (χ1) is 8.77. The Morgan fingerprint density at radius 2 is 2.11 bits per heavy atom. The molecule has 1 aromatic carbocycles. The Morgan fingerprint density at radius 1 is 1.47 bits per heavy atom. The van der Waals surface area contributed by atoms with Gasteiger partial charge in [-0.15, -0.1) is 0 Å². The van der Waals surface area contributed by atoms with E-state index in [9.17, 15) is 17.2 Å². The van der Waals surface area contributed by atoms with Crippen molar-refractivity contribution < 1.29 is 17.2 Å². The van der Waals surface area contributed by atoms with Gasteiger partial charge < -0.3 is 5.73 Å². The Hall–Kier alpha value is -1.54. The molecule has 0 aliphatic heterocycles. The summed E-state index contributed by atoms with van der Waals surface area (Å²) in [6.45, 7) is 1.79. The van der Waals surface area contributed by atoms with E-state index in [4.69, 9.17) is 11.1 Å². The zero-order valence-corrected chi connectivity index (χ0v) is 11.1. The smallest absolute Gasteiger partial charge is 0.244 e. The van der Waals surface area contributed by atoms with Crippen molar-refractivity contribution >= 4 is 15.9 Å². The lowest BCUT2D eigenvalue weighted by atomic mass is 10.2. The van der Waals surface area contributed by atoms with Crippen LogP contribution in [0.15, 0.2) is 23.1 Å². The Morgan fingerprint density at radius 3 is 2.58 bits per heavy atom. The molecule has 4 N–H and O–H groups in total. The van der Waals surface area contributed by atoms with Crippen LogP contribution in [0.3, 0.4) is 0 Å². The first-order valence-corrected chi connectivity index (χ1v) is 7.07. The van der Waals surface area contributed by atoms with Crippen LogP contribution in [-0.4, -0.2) is 20.3 Å². The molecular weight excluding hydrogens is 276 g/mol. The molecule has 106 valence electrons. The van der Waals surface area contributed by atoms with Crippen LogP contribution in [0.4, 0.5) is 8.78 Å². The fraction of sp³-hybridized carbons (Fsp3) is 0.364. The number of benzene rings is 1. The molecule has 1 unspecified atom stereocenters. The molecule has 5 nitrogen and oxygen atoms in total. The van der Waals surface area contributed by atoms with Gasteiger partial charge in [-0.05, 0) is 18.6 Å². The molecule has 0 radical (unpaired) electrons. The van der Waals surface area contributed by atoms with Gasteiger partial charge in [-0.25, -0.2) is 21.9 Å². The molecule has 1 rings (SSSR count). The van der Waals surface area contributed by atoms with Gasteiger partial charge in [0.25, 0.3) is 0 Å². The summed E-state index contributed by atoms with van der Waals surface area (Å²) in [5.41, 5.74) is 5.27. The van der Waals surface area contributed by atoms with Crippen LogP contribution in [0.1, 0.15) is 19.8 Å². The number of amidine groups is 1.